The van der Waals surface area contributed by atoms with E-state index in [-0.39, 0.29) is 107 Å². The molecule has 23 heteroatoms. The van der Waals surface area contributed by atoms with Crippen LogP contribution in [0.25, 0.3) is 0 Å². The van der Waals surface area contributed by atoms with E-state index in [1.807, 2.05) is 0 Å². The standard InChI is InChI=1S/C44H55N9O10.4ClH/c54-23-21-48-15-19-52-27-3-1-25(33-35(27)43(62)39-31(58)7-5-29(56)37(39)41(33)60)50-17-13-46-11-9-45-10-12-47-14-18-51-26-2-4-28(53-20-16-49-22-24-55)36-34(26)42(61)38-30(57)6-8-32(59)40(38)44(36)63;;;;/h1-8,45-59H,9-24H2;4*1H. The van der Waals surface area contributed by atoms with E-state index in [2.05, 4.69) is 47.9 Å². The van der Waals surface area contributed by atoms with Crippen LogP contribution >= 0.6 is 49.6 Å². The zero-order valence-corrected chi connectivity index (χ0v) is 39.6. The lowest BCUT2D eigenvalue weighted by Gasteiger charge is -2.25. The monoisotopic (exact) mass is 1010 g/mol. The van der Waals surface area contributed by atoms with Crippen molar-refractivity contribution < 1.29 is 49.8 Å². The summed E-state index contributed by atoms with van der Waals surface area (Å²) >= 11 is 0. The van der Waals surface area contributed by atoms with E-state index >= 15 is 0 Å². The van der Waals surface area contributed by atoms with Gasteiger partial charge in [-0.25, -0.2) is 0 Å². The minimum Gasteiger partial charge on any atom is -0.507 e. The summed E-state index contributed by atoms with van der Waals surface area (Å²) in [5.41, 5.74) is 1.09. The largest absolute Gasteiger partial charge is 0.507 e. The average Bonchev–Trinajstić information content (AvgIpc) is 3.27. The molecule has 0 atom stereocenters. The van der Waals surface area contributed by atoms with Gasteiger partial charge in [0.05, 0.1) is 57.7 Å². The van der Waals surface area contributed by atoms with Gasteiger partial charge in [0.2, 0.25) is 23.1 Å². The molecule has 0 radical (unpaired) electrons. The van der Waals surface area contributed by atoms with Crippen LogP contribution in [0.4, 0.5) is 22.7 Å². The molecule has 0 heterocycles. The molecule has 0 unspecified atom stereocenters. The van der Waals surface area contributed by atoms with Crippen molar-refractivity contribution in [3.05, 3.63) is 93.0 Å². The van der Waals surface area contributed by atoms with E-state index in [0.29, 0.717) is 114 Å². The van der Waals surface area contributed by atoms with Crippen molar-refractivity contribution in [1.29, 1.82) is 0 Å². The Bertz CT molecular complexity index is 2190. The molecule has 67 heavy (non-hydrogen) atoms. The highest BCUT2D eigenvalue weighted by atomic mass is 35.5. The summed E-state index contributed by atoms with van der Waals surface area (Å²) in [5, 5.41) is 89.0. The van der Waals surface area contributed by atoms with Gasteiger partial charge in [-0.2, -0.15) is 0 Å². The van der Waals surface area contributed by atoms with E-state index in [1.54, 1.807) is 24.3 Å². The number of hydrogen-bond donors (Lipinski definition) is 15. The molecule has 0 spiro atoms. The van der Waals surface area contributed by atoms with Gasteiger partial charge >= 0.3 is 0 Å². The first-order valence-electron chi connectivity index (χ1n) is 20.9. The van der Waals surface area contributed by atoms with Gasteiger partial charge in [-0.3, -0.25) is 19.2 Å². The molecule has 4 aromatic carbocycles. The van der Waals surface area contributed by atoms with Crippen molar-refractivity contribution in [2.45, 2.75) is 0 Å². The maximum atomic E-state index is 13.8. The van der Waals surface area contributed by atoms with Crippen LogP contribution < -0.4 is 47.9 Å². The smallest absolute Gasteiger partial charge is 0.200 e. The van der Waals surface area contributed by atoms with Crippen LogP contribution in [0.1, 0.15) is 63.7 Å². The number of aromatic hydroxyl groups is 4. The minimum atomic E-state index is -0.583. The second-order valence-electron chi connectivity index (χ2n) is 14.7. The summed E-state index contributed by atoms with van der Waals surface area (Å²) in [6, 6.07) is 11.5. The van der Waals surface area contributed by atoms with E-state index in [9.17, 15) is 39.6 Å². The highest BCUT2D eigenvalue weighted by Crippen LogP contribution is 2.44. The maximum Gasteiger partial charge on any atom is 0.200 e. The number of aliphatic hydroxyl groups excluding tert-OH is 2. The Morgan fingerprint density at radius 2 is 0.478 bits per heavy atom. The predicted octanol–water partition coefficient (Wildman–Crippen LogP) is 2.03. The van der Waals surface area contributed by atoms with Crippen molar-refractivity contribution in [2.24, 2.45) is 0 Å². The lowest BCUT2D eigenvalue weighted by atomic mass is 9.81. The summed E-state index contributed by atoms with van der Waals surface area (Å²) < 4.78 is 0. The Morgan fingerprint density at radius 3 is 0.687 bits per heavy atom. The Hall–Kier alpha value is -5.16. The third-order valence-electron chi connectivity index (χ3n) is 10.6. The number of carbonyl (C=O) groups excluding carboxylic acids is 4. The molecule has 0 saturated heterocycles. The molecule has 0 fully saturated rings. The Balaban J connectivity index is 0.00000385. The number of phenols is 4. The van der Waals surface area contributed by atoms with Gasteiger partial charge < -0.3 is 78.5 Å². The van der Waals surface area contributed by atoms with E-state index < -0.39 is 46.1 Å². The van der Waals surface area contributed by atoms with E-state index in [1.165, 1.54) is 24.3 Å². The summed E-state index contributed by atoms with van der Waals surface area (Å²) in [6.45, 7) is 7.07. The van der Waals surface area contributed by atoms with Crippen LogP contribution in [0.5, 0.6) is 23.0 Å². The number of carbonyl (C=O) groups is 4. The predicted molar refractivity (Wildman–Crippen MR) is 268 cm³/mol. The molecular formula is C44H59Cl4N9O10. The number of benzene rings is 4. The Kier molecular flexibility index (Phi) is 24.4. The fourth-order valence-electron chi connectivity index (χ4n) is 7.60. The second kappa shape index (κ2) is 28.2. The summed E-state index contributed by atoms with van der Waals surface area (Å²) in [6.07, 6.45) is 0. The van der Waals surface area contributed by atoms with Crippen molar-refractivity contribution in [3.8, 4) is 23.0 Å². The lowest BCUT2D eigenvalue weighted by molar-refractivity contribution is 0.0975. The molecule has 0 amide bonds. The third-order valence-corrected chi connectivity index (χ3v) is 10.6. The molecule has 0 aliphatic heterocycles. The SMILES string of the molecule is Cl.Cl.Cl.Cl.O=C1c2c(O)ccc(O)c2C(=O)c2c(NCCNCCNCCNCCNc3ccc(NCCNCCO)c4c3C(=O)c3c(O)ccc(O)c3C4=O)ccc(NCCNCCO)c21. The number of ketones is 4. The van der Waals surface area contributed by atoms with E-state index in [4.69, 9.17) is 10.2 Å². The summed E-state index contributed by atoms with van der Waals surface area (Å²) in [4.78, 5) is 55.0. The first kappa shape index (κ1) is 58.0. The van der Waals surface area contributed by atoms with Gasteiger partial charge in [-0.05, 0) is 48.5 Å². The highest BCUT2D eigenvalue weighted by molar-refractivity contribution is 6.34. The fourth-order valence-corrected chi connectivity index (χ4v) is 7.60. The van der Waals surface area contributed by atoms with Crippen LogP contribution in [0, 0.1) is 0 Å². The van der Waals surface area contributed by atoms with Gasteiger partial charge in [0.1, 0.15) is 23.0 Å². The molecule has 2 aliphatic carbocycles. The van der Waals surface area contributed by atoms with Gasteiger partial charge in [-0.15, -0.1) is 49.6 Å². The number of anilines is 4. The number of halogens is 4. The number of hydrogen-bond acceptors (Lipinski definition) is 19. The molecule has 0 saturated carbocycles. The van der Waals surface area contributed by atoms with Crippen LogP contribution in [-0.4, -0.2) is 159 Å². The van der Waals surface area contributed by atoms with Crippen LogP contribution in [-0.2, 0) is 0 Å². The van der Waals surface area contributed by atoms with Crippen molar-refractivity contribution in [1.82, 2.24) is 26.6 Å². The first-order chi connectivity index (χ1) is 30.6. The molecule has 19 nitrogen and oxygen atoms in total. The average molecular weight is 1020 g/mol. The Morgan fingerprint density at radius 1 is 0.284 bits per heavy atom. The van der Waals surface area contributed by atoms with Gasteiger partial charge in [0, 0.05) is 114 Å². The molecule has 0 aromatic heterocycles. The quantitative estimate of drug-likeness (QED) is 0.0273. The third kappa shape index (κ3) is 13.5. The molecule has 0 bridgehead atoms. The van der Waals surface area contributed by atoms with Crippen LogP contribution in [0.15, 0.2) is 48.5 Å². The molecule has 2 aliphatic rings. The van der Waals surface area contributed by atoms with Crippen molar-refractivity contribution >= 4 is 95.5 Å². The van der Waals surface area contributed by atoms with Crippen LogP contribution in [0.2, 0.25) is 0 Å². The topological polar surface area (TPSA) is 298 Å². The fraction of sp³-hybridized carbons (Fsp3) is 0.364. The number of nitrogens with one attached hydrogen (secondary N) is 9. The molecule has 6 rings (SSSR count). The van der Waals surface area contributed by atoms with E-state index in [0.717, 1.165) is 0 Å². The number of aliphatic hydroxyl groups is 2. The summed E-state index contributed by atoms with van der Waals surface area (Å²) in [7, 11) is 0. The maximum absolute atomic E-state index is 13.8. The molecule has 368 valence electrons. The van der Waals surface area contributed by atoms with Crippen molar-refractivity contribution in [2.75, 3.05) is 126 Å². The van der Waals surface area contributed by atoms with Gasteiger partial charge in [-0.1, -0.05) is 0 Å². The highest BCUT2D eigenvalue weighted by Gasteiger charge is 2.39. The second-order valence-corrected chi connectivity index (χ2v) is 14.7. The Labute approximate surface area is 412 Å². The van der Waals surface area contributed by atoms with Crippen molar-refractivity contribution in [3.63, 3.8) is 0 Å². The minimum absolute atomic E-state index is 0. The number of phenolic OH excluding ortho intramolecular Hbond substituents is 4. The zero-order chi connectivity index (χ0) is 44.9. The first-order valence-corrected chi connectivity index (χ1v) is 20.9. The molecular weight excluding hydrogens is 956 g/mol. The van der Waals surface area contributed by atoms with Crippen LogP contribution in [0.3, 0.4) is 0 Å². The number of rotatable bonds is 26. The van der Waals surface area contributed by atoms with Gasteiger partial charge in [0.15, 0.2) is 0 Å². The zero-order valence-electron chi connectivity index (χ0n) is 36.4. The summed E-state index contributed by atoms with van der Waals surface area (Å²) in [5.74, 6) is -3.91. The molecule has 4 aromatic rings. The molecule has 15 N–H and O–H groups in total. The van der Waals surface area contributed by atoms with Gasteiger partial charge in [0.25, 0.3) is 0 Å². The lowest BCUT2D eigenvalue weighted by Crippen LogP contribution is -2.35. The number of fused-ring (bicyclic) bond motifs is 4. The normalized spacial score (nSPS) is 12.0.